The van der Waals surface area contributed by atoms with E-state index in [0.29, 0.717) is 0 Å². The smallest absolute Gasteiger partial charge is 0.370 e. The zero-order valence-corrected chi connectivity index (χ0v) is 14.9. The molecule has 142 valence electrons. The highest BCUT2D eigenvalue weighted by Crippen LogP contribution is 2.15. The predicted molar refractivity (Wildman–Crippen MR) is 85.7 cm³/mol. The molecule has 0 saturated heterocycles. The van der Waals surface area contributed by atoms with Gasteiger partial charge in [0.05, 0.1) is 11.5 Å². The minimum atomic E-state index is -4.41. The maximum absolute atomic E-state index is 12.1. The summed E-state index contributed by atoms with van der Waals surface area (Å²) in [5.74, 6) is -0.539. The molecule has 0 radical (unpaired) electrons. The Bertz CT molecular complexity index is 680. The van der Waals surface area contributed by atoms with Crippen LogP contribution in [0.15, 0.2) is 29.2 Å². The molecule has 0 aliphatic heterocycles. The molecule has 0 bridgehead atoms. The summed E-state index contributed by atoms with van der Waals surface area (Å²) in [6.45, 7) is 3.34. The Morgan fingerprint density at radius 1 is 1.12 bits per heavy atom. The van der Waals surface area contributed by atoms with E-state index in [-0.39, 0.29) is 23.6 Å². The summed E-state index contributed by atoms with van der Waals surface area (Å²) in [6, 6.07) is 5.21. The number of hydrogen-bond donors (Lipinski definition) is 2. The average molecular weight is 382 g/mol. The van der Waals surface area contributed by atoms with Gasteiger partial charge in [-0.1, -0.05) is 0 Å². The largest absolute Gasteiger partial charge is 0.411 e. The molecule has 0 aliphatic carbocycles. The number of hydrogen-bond acceptors (Lipinski definition) is 4. The van der Waals surface area contributed by atoms with Crippen LogP contribution < -0.4 is 10.0 Å². The standard InChI is InChI=1S/C15H21F3N2O4S/c1-14(2,3)20-25(22,23)12-6-4-11(5-7-12)13(21)19-8-9-24-10-15(16,17)18/h4-7,20H,8-10H2,1-3H3,(H,19,21). The maximum atomic E-state index is 12.1. The van der Waals surface area contributed by atoms with Crippen molar-refractivity contribution in [3.05, 3.63) is 29.8 Å². The number of benzene rings is 1. The summed E-state index contributed by atoms with van der Waals surface area (Å²) in [6.07, 6.45) is -4.41. The third-order valence-corrected chi connectivity index (χ3v) is 4.44. The summed E-state index contributed by atoms with van der Waals surface area (Å²) in [4.78, 5) is 11.8. The van der Waals surface area contributed by atoms with Crippen LogP contribution in [0, 0.1) is 0 Å². The van der Waals surface area contributed by atoms with E-state index in [4.69, 9.17) is 0 Å². The van der Waals surface area contributed by atoms with E-state index in [2.05, 4.69) is 14.8 Å². The first-order chi connectivity index (χ1) is 11.3. The van der Waals surface area contributed by atoms with Crippen LogP contribution in [0.25, 0.3) is 0 Å². The van der Waals surface area contributed by atoms with Crippen molar-refractivity contribution in [3.63, 3.8) is 0 Å². The van der Waals surface area contributed by atoms with E-state index in [9.17, 15) is 26.4 Å². The van der Waals surface area contributed by atoms with Crippen molar-refractivity contribution in [2.24, 2.45) is 0 Å². The van der Waals surface area contributed by atoms with Gasteiger partial charge in [-0.05, 0) is 45.0 Å². The number of ether oxygens (including phenoxy) is 1. The van der Waals surface area contributed by atoms with Crippen molar-refractivity contribution in [3.8, 4) is 0 Å². The van der Waals surface area contributed by atoms with E-state index < -0.39 is 34.3 Å². The van der Waals surface area contributed by atoms with Crippen LogP contribution in [0.1, 0.15) is 31.1 Å². The predicted octanol–water partition coefficient (Wildman–Crippen LogP) is 2.07. The van der Waals surface area contributed by atoms with E-state index in [1.165, 1.54) is 24.3 Å². The summed E-state index contributed by atoms with van der Waals surface area (Å²) in [5.41, 5.74) is -0.462. The van der Waals surface area contributed by atoms with Crippen molar-refractivity contribution < 1.29 is 31.1 Å². The van der Waals surface area contributed by atoms with Gasteiger partial charge in [0.2, 0.25) is 10.0 Å². The number of sulfonamides is 1. The van der Waals surface area contributed by atoms with Gasteiger partial charge < -0.3 is 10.1 Å². The highest BCUT2D eigenvalue weighted by Gasteiger charge is 2.27. The van der Waals surface area contributed by atoms with Crippen LogP contribution in [0.3, 0.4) is 0 Å². The maximum Gasteiger partial charge on any atom is 0.411 e. The van der Waals surface area contributed by atoms with Gasteiger partial charge in [-0.25, -0.2) is 13.1 Å². The summed E-state index contributed by atoms with van der Waals surface area (Å²) in [7, 11) is -3.71. The molecule has 10 heteroatoms. The molecule has 1 aromatic rings. The molecule has 2 N–H and O–H groups in total. The molecule has 1 aromatic carbocycles. The molecular formula is C15H21F3N2O4S. The molecule has 0 aliphatic rings. The van der Waals surface area contributed by atoms with Crippen LogP contribution >= 0.6 is 0 Å². The van der Waals surface area contributed by atoms with Crippen molar-refractivity contribution in [2.75, 3.05) is 19.8 Å². The van der Waals surface area contributed by atoms with Crippen molar-refractivity contribution in [1.29, 1.82) is 0 Å². The Hall–Kier alpha value is -1.65. The molecule has 1 rings (SSSR count). The van der Waals surface area contributed by atoms with Gasteiger partial charge in [-0.3, -0.25) is 4.79 Å². The third-order valence-electron chi connectivity index (χ3n) is 2.67. The van der Waals surface area contributed by atoms with Gasteiger partial charge in [0.25, 0.3) is 5.91 Å². The molecule has 0 fully saturated rings. The normalized spacial score (nSPS) is 12.9. The number of carbonyl (C=O) groups excluding carboxylic acids is 1. The Morgan fingerprint density at radius 2 is 1.68 bits per heavy atom. The van der Waals surface area contributed by atoms with Gasteiger partial charge in [0, 0.05) is 17.6 Å². The second-order valence-electron chi connectivity index (χ2n) is 6.30. The number of rotatable bonds is 7. The van der Waals surface area contributed by atoms with E-state index >= 15 is 0 Å². The lowest BCUT2D eigenvalue weighted by atomic mass is 10.1. The van der Waals surface area contributed by atoms with Crippen LogP contribution in [0.2, 0.25) is 0 Å². The van der Waals surface area contributed by atoms with E-state index in [1.54, 1.807) is 20.8 Å². The fourth-order valence-electron chi connectivity index (χ4n) is 1.77. The topological polar surface area (TPSA) is 84.5 Å². The molecule has 0 heterocycles. The number of alkyl halides is 3. The van der Waals surface area contributed by atoms with Crippen molar-refractivity contribution in [2.45, 2.75) is 37.4 Å². The molecular weight excluding hydrogens is 361 g/mol. The molecule has 0 atom stereocenters. The molecule has 0 aromatic heterocycles. The zero-order valence-electron chi connectivity index (χ0n) is 14.1. The van der Waals surface area contributed by atoms with Crippen LogP contribution in [-0.4, -0.2) is 45.8 Å². The molecule has 25 heavy (non-hydrogen) atoms. The SMILES string of the molecule is CC(C)(C)NS(=O)(=O)c1ccc(C(=O)NCCOCC(F)(F)F)cc1. The second-order valence-corrected chi connectivity index (χ2v) is 7.99. The Labute approximate surface area is 144 Å². The third kappa shape index (κ3) is 8.32. The van der Waals surface area contributed by atoms with Crippen molar-refractivity contribution in [1.82, 2.24) is 10.0 Å². The number of halogens is 3. The van der Waals surface area contributed by atoms with Crippen LogP contribution in [0.4, 0.5) is 13.2 Å². The Morgan fingerprint density at radius 3 is 2.16 bits per heavy atom. The molecule has 0 spiro atoms. The summed E-state index contributed by atoms with van der Waals surface area (Å²) < 4.78 is 66.7. The van der Waals surface area contributed by atoms with Crippen LogP contribution in [0.5, 0.6) is 0 Å². The Kier molecular flexibility index (Phi) is 6.98. The second kappa shape index (κ2) is 8.15. The van der Waals surface area contributed by atoms with Gasteiger partial charge in [0.15, 0.2) is 0 Å². The lowest BCUT2D eigenvalue weighted by molar-refractivity contribution is -0.173. The van der Waals surface area contributed by atoms with Gasteiger partial charge in [-0.2, -0.15) is 13.2 Å². The number of amides is 1. The van der Waals surface area contributed by atoms with Crippen LogP contribution in [-0.2, 0) is 14.8 Å². The van der Waals surface area contributed by atoms with E-state index in [1.807, 2.05) is 0 Å². The average Bonchev–Trinajstić information content (AvgIpc) is 2.43. The fourth-order valence-corrected chi connectivity index (χ4v) is 3.19. The highest BCUT2D eigenvalue weighted by molar-refractivity contribution is 7.89. The minimum Gasteiger partial charge on any atom is -0.370 e. The van der Waals surface area contributed by atoms with Gasteiger partial charge >= 0.3 is 6.18 Å². The molecule has 0 unspecified atom stereocenters. The number of nitrogens with one attached hydrogen (secondary N) is 2. The lowest BCUT2D eigenvalue weighted by Gasteiger charge is -2.20. The van der Waals surface area contributed by atoms with E-state index in [0.717, 1.165) is 0 Å². The first-order valence-corrected chi connectivity index (χ1v) is 8.85. The highest BCUT2D eigenvalue weighted by atomic mass is 32.2. The minimum absolute atomic E-state index is 0.00693. The van der Waals surface area contributed by atoms with Gasteiger partial charge in [-0.15, -0.1) is 0 Å². The van der Waals surface area contributed by atoms with Gasteiger partial charge in [0.1, 0.15) is 6.61 Å². The molecule has 6 nitrogen and oxygen atoms in total. The fraction of sp³-hybridized carbons (Fsp3) is 0.533. The number of carbonyl (C=O) groups is 1. The molecule has 0 saturated carbocycles. The van der Waals surface area contributed by atoms with Crippen molar-refractivity contribution >= 4 is 15.9 Å². The lowest BCUT2D eigenvalue weighted by Crippen LogP contribution is -2.40. The monoisotopic (exact) mass is 382 g/mol. The Balaban J connectivity index is 2.57. The summed E-state index contributed by atoms with van der Waals surface area (Å²) >= 11 is 0. The first-order valence-electron chi connectivity index (χ1n) is 7.37. The zero-order chi connectivity index (χ0) is 19.3. The summed E-state index contributed by atoms with van der Waals surface area (Å²) in [5, 5.41) is 2.39. The first kappa shape index (κ1) is 21.4. The molecule has 1 amide bonds. The quantitative estimate of drug-likeness (QED) is 0.707.